The van der Waals surface area contributed by atoms with E-state index in [1.54, 1.807) is 7.41 Å². The Bertz CT molecular complexity index is 363. The van der Waals surface area contributed by atoms with Crippen molar-refractivity contribution in [1.29, 1.82) is 0 Å². The summed E-state index contributed by atoms with van der Waals surface area (Å²) in [5.41, 5.74) is 1.33. The molecule has 1 aromatic rings. The Labute approximate surface area is 111 Å². The maximum absolute atomic E-state index is 10.4. The van der Waals surface area contributed by atoms with Crippen LogP contribution in [-0.4, -0.2) is 49.5 Å². The van der Waals surface area contributed by atoms with Gasteiger partial charge in [-0.05, 0) is 17.7 Å². The molecule has 0 bridgehead atoms. The van der Waals surface area contributed by atoms with E-state index < -0.39 is 0 Å². The third-order valence-corrected chi connectivity index (χ3v) is 3.53. The lowest BCUT2D eigenvalue weighted by molar-refractivity contribution is 0.183. The van der Waals surface area contributed by atoms with E-state index in [0.717, 1.165) is 43.4 Å². The smallest absolute Gasteiger partial charge is 0.293 e. The highest BCUT2D eigenvalue weighted by Crippen LogP contribution is 2.13. The molecule has 0 unspecified atom stereocenters. The van der Waals surface area contributed by atoms with Crippen molar-refractivity contribution >= 4 is 29.5 Å². The number of benzene rings is 1. The molecule has 1 radical (unpaired) electrons. The molecule has 0 aromatic heterocycles. The minimum atomic E-state index is 0.865. The average Bonchev–Trinajstić information content (AvgIpc) is 2.35. The van der Waals surface area contributed by atoms with E-state index in [-0.39, 0.29) is 0 Å². The molecule has 1 saturated heterocycles. The zero-order valence-electron chi connectivity index (χ0n) is 9.68. The van der Waals surface area contributed by atoms with Gasteiger partial charge in [-0.25, -0.2) is 0 Å². The molecule has 1 aromatic carbocycles. The molecule has 5 heteroatoms. The molecular weight excluding hydrogens is 279 g/mol. The van der Waals surface area contributed by atoms with Gasteiger partial charge in [0.1, 0.15) is 0 Å². The van der Waals surface area contributed by atoms with Gasteiger partial charge in [0.05, 0.1) is 6.19 Å². The van der Waals surface area contributed by atoms with Gasteiger partial charge in [0, 0.05) is 37.2 Å². The molecule has 0 atom stereocenters. The van der Waals surface area contributed by atoms with E-state index in [9.17, 15) is 4.79 Å². The van der Waals surface area contributed by atoms with Gasteiger partial charge in [0.25, 0.3) is 7.41 Å². The fraction of sp³-hybridized carbons (Fsp3) is 0.417. The molecule has 1 heterocycles. The number of rotatable bonds is 4. The molecule has 17 heavy (non-hydrogen) atoms. The SMILES string of the molecule is O=C[B]N1CCN(Cc2ccc(Br)cc2)CC1. The van der Waals surface area contributed by atoms with Gasteiger partial charge >= 0.3 is 0 Å². The number of piperazine rings is 1. The van der Waals surface area contributed by atoms with Crippen molar-refractivity contribution in [3.63, 3.8) is 0 Å². The van der Waals surface area contributed by atoms with Crippen LogP contribution in [0.3, 0.4) is 0 Å². The maximum atomic E-state index is 10.4. The third-order valence-electron chi connectivity index (χ3n) is 3.00. The Morgan fingerprint density at radius 3 is 2.41 bits per heavy atom. The van der Waals surface area contributed by atoms with Crippen molar-refractivity contribution in [3.8, 4) is 0 Å². The minimum absolute atomic E-state index is 0.865. The first kappa shape index (κ1) is 12.8. The van der Waals surface area contributed by atoms with Crippen LogP contribution >= 0.6 is 15.9 Å². The Morgan fingerprint density at radius 2 is 1.82 bits per heavy atom. The average molecular weight is 294 g/mol. The molecule has 1 aliphatic heterocycles. The van der Waals surface area contributed by atoms with Gasteiger partial charge < -0.3 is 9.61 Å². The second kappa shape index (κ2) is 6.33. The summed E-state index contributed by atoms with van der Waals surface area (Å²) < 4.78 is 1.12. The highest BCUT2D eigenvalue weighted by molar-refractivity contribution is 9.10. The zero-order valence-corrected chi connectivity index (χ0v) is 11.3. The molecule has 0 spiro atoms. The number of carbonyl (C=O) groups excluding carboxylic acids is 1. The molecule has 0 saturated carbocycles. The van der Waals surface area contributed by atoms with Crippen LogP contribution in [0.1, 0.15) is 5.56 Å². The van der Waals surface area contributed by atoms with Crippen LogP contribution in [0.2, 0.25) is 0 Å². The van der Waals surface area contributed by atoms with Crippen LogP contribution in [-0.2, 0) is 11.3 Å². The topological polar surface area (TPSA) is 23.6 Å². The number of carbonyl (C=O) groups is 1. The monoisotopic (exact) mass is 293 g/mol. The predicted molar refractivity (Wildman–Crippen MR) is 73.5 cm³/mol. The second-order valence-corrected chi connectivity index (χ2v) is 5.14. The van der Waals surface area contributed by atoms with E-state index in [4.69, 9.17) is 0 Å². The fourth-order valence-corrected chi connectivity index (χ4v) is 2.27. The molecule has 89 valence electrons. The molecular formula is C12H15BBrN2O. The number of nitrogens with zero attached hydrogens (tertiary/aromatic N) is 2. The van der Waals surface area contributed by atoms with Crippen molar-refractivity contribution in [2.75, 3.05) is 26.2 Å². The van der Waals surface area contributed by atoms with Crippen molar-refractivity contribution in [2.24, 2.45) is 0 Å². The van der Waals surface area contributed by atoms with Crippen molar-refractivity contribution in [3.05, 3.63) is 34.3 Å². The van der Waals surface area contributed by atoms with E-state index in [1.807, 2.05) is 0 Å². The van der Waals surface area contributed by atoms with Crippen LogP contribution in [0.15, 0.2) is 28.7 Å². The lowest BCUT2D eigenvalue weighted by atomic mass is 9.93. The number of halogens is 1. The van der Waals surface area contributed by atoms with Gasteiger partial charge in [-0.3, -0.25) is 4.90 Å². The summed E-state index contributed by atoms with van der Waals surface area (Å²) in [7, 11) is 1.64. The van der Waals surface area contributed by atoms with Gasteiger partial charge in [0.2, 0.25) is 0 Å². The summed E-state index contributed by atoms with van der Waals surface area (Å²) in [6.45, 7) is 4.90. The largest absolute Gasteiger partial charge is 0.338 e. The summed E-state index contributed by atoms with van der Waals surface area (Å²) in [5.74, 6) is 0. The highest BCUT2D eigenvalue weighted by atomic mass is 79.9. The van der Waals surface area contributed by atoms with Crippen LogP contribution in [0.5, 0.6) is 0 Å². The van der Waals surface area contributed by atoms with Gasteiger partial charge in [0.15, 0.2) is 0 Å². The van der Waals surface area contributed by atoms with Crippen molar-refractivity contribution in [1.82, 2.24) is 9.71 Å². The molecule has 0 aliphatic carbocycles. The number of hydrogen-bond acceptors (Lipinski definition) is 3. The summed E-state index contributed by atoms with van der Waals surface area (Å²) in [6, 6.07) is 8.44. The Kier molecular flexibility index (Phi) is 4.77. The van der Waals surface area contributed by atoms with Gasteiger partial charge in [-0.1, -0.05) is 28.1 Å². The molecule has 3 nitrogen and oxygen atoms in total. The highest BCUT2D eigenvalue weighted by Gasteiger charge is 2.16. The normalized spacial score (nSPS) is 17.9. The van der Waals surface area contributed by atoms with E-state index in [1.165, 1.54) is 5.56 Å². The van der Waals surface area contributed by atoms with E-state index >= 15 is 0 Å². The summed E-state index contributed by atoms with van der Waals surface area (Å²) >= 11 is 3.44. The quantitative estimate of drug-likeness (QED) is 0.619. The number of hydrogen-bond donors (Lipinski definition) is 0. The summed E-state index contributed by atoms with van der Waals surface area (Å²) in [4.78, 5) is 14.9. The van der Waals surface area contributed by atoms with Crippen LogP contribution in [0.25, 0.3) is 0 Å². The standard InChI is InChI=1S/C12H15BBrN2O/c14-12-3-1-11(2-4-12)9-15-5-7-16(8-6-15)13-10-17/h1-4,10H,5-9H2. The first-order valence-corrected chi connectivity index (χ1v) is 6.57. The Hall–Kier alpha value is -0.645. The first-order valence-electron chi connectivity index (χ1n) is 5.77. The van der Waals surface area contributed by atoms with Crippen LogP contribution < -0.4 is 0 Å². The summed E-state index contributed by atoms with van der Waals surface area (Å²) in [6.07, 6.45) is 0.865. The zero-order chi connectivity index (χ0) is 12.1. The summed E-state index contributed by atoms with van der Waals surface area (Å²) in [5, 5.41) is 0. The van der Waals surface area contributed by atoms with Gasteiger partial charge in [-0.15, -0.1) is 0 Å². The van der Waals surface area contributed by atoms with Crippen LogP contribution in [0.4, 0.5) is 0 Å². The minimum Gasteiger partial charge on any atom is -0.338 e. The first-order chi connectivity index (χ1) is 8.28. The molecule has 1 aliphatic rings. The fourth-order valence-electron chi connectivity index (χ4n) is 2.00. The van der Waals surface area contributed by atoms with Crippen LogP contribution in [0, 0.1) is 0 Å². The van der Waals surface area contributed by atoms with Crippen molar-refractivity contribution < 1.29 is 4.79 Å². The van der Waals surface area contributed by atoms with E-state index in [2.05, 4.69) is 49.9 Å². The molecule has 1 fully saturated rings. The lowest BCUT2D eigenvalue weighted by Gasteiger charge is -2.33. The maximum Gasteiger partial charge on any atom is 0.293 e. The van der Waals surface area contributed by atoms with Gasteiger partial charge in [-0.2, -0.15) is 0 Å². The Balaban J connectivity index is 1.81. The Morgan fingerprint density at radius 1 is 1.18 bits per heavy atom. The third kappa shape index (κ3) is 3.94. The van der Waals surface area contributed by atoms with E-state index in [0.29, 0.717) is 0 Å². The molecule has 2 rings (SSSR count). The van der Waals surface area contributed by atoms with Crippen molar-refractivity contribution in [2.45, 2.75) is 6.54 Å². The second-order valence-electron chi connectivity index (χ2n) is 4.22. The molecule has 0 amide bonds. The molecule has 0 N–H and O–H groups in total. The predicted octanol–water partition coefficient (Wildman–Crippen LogP) is 1.38. The lowest BCUT2D eigenvalue weighted by Crippen LogP contribution is -2.47.